The summed E-state index contributed by atoms with van der Waals surface area (Å²) in [7, 11) is 0. The molecular formula is C12H15BrOS. The molecule has 1 aliphatic rings. The van der Waals surface area contributed by atoms with Gasteiger partial charge in [-0.3, -0.25) is 0 Å². The number of thioether (sulfide) groups is 1. The molecule has 0 amide bonds. The van der Waals surface area contributed by atoms with Crippen LogP contribution in [-0.4, -0.2) is 17.6 Å². The second-order valence-corrected chi connectivity index (χ2v) is 5.92. The first-order chi connectivity index (χ1) is 7.25. The third kappa shape index (κ3) is 3.15. The summed E-state index contributed by atoms with van der Waals surface area (Å²) in [4.78, 5) is 0. The SMILES string of the molecule is Cc1cc(OC2CCSCC2)ccc1Br. The van der Waals surface area contributed by atoms with Crippen LogP contribution < -0.4 is 4.74 Å². The molecule has 0 radical (unpaired) electrons. The Kier molecular flexibility index (Phi) is 3.98. The lowest BCUT2D eigenvalue weighted by atomic mass is 10.2. The molecule has 0 aromatic heterocycles. The fourth-order valence-electron chi connectivity index (χ4n) is 1.68. The van der Waals surface area contributed by atoms with Crippen molar-refractivity contribution in [3.05, 3.63) is 28.2 Å². The lowest BCUT2D eigenvalue weighted by molar-refractivity contribution is 0.192. The van der Waals surface area contributed by atoms with E-state index in [1.807, 2.05) is 17.8 Å². The quantitative estimate of drug-likeness (QED) is 0.812. The van der Waals surface area contributed by atoms with Gasteiger partial charge >= 0.3 is 0 Å². The first-order valence-electron chi connectivity index (χ1n) is 5.26. The molecule has 0 bridgehead atoms. The van der Waals surface area contributed by atoms with E-state index in [4.69, 9.17) is 4.74 Å². The first kappa shape index (κ1) is 11.3. The zero-order valence-electron chi connectivity index (χ0n) is 8.83. The zero-order valence-corrected chi connectivity index (χ0v) is 11.2. The van der Waals surface area contributed by atoms with Gasteiger partial charge in [-0.15, -0.1) is 0 Å². The Balaban J connectivity index is 2.00. The fourth-order valence-corrected chi connectivity index (χ4v) is 2.99. The molecule has 1 aromatic rings. The maximum atomic E-state index is 5.96. The van der Waals surface area contributed by atoms with E-state index in [0.717, 1.165) is 10.2 Å². The van der Waals surface area contributed by atoms with Gasteiger partial charge in [0, 0.05) is 4.47 Å². The van der Waals surface area contributed by atoms with E-state index in [-0.39, 0.29) is 0 Å². The third-order valence-electron chi connectivity index (χ3n) is 2.60. The number of benzene rings is 1. The van der Waals surface area contributed by atoms with E-state index in [9.17, 15) is 0 Å². The Morgan fingerprint density at radius 1 is 1.33 bits per heavy atom. The predicted octanol–water partition coefficient (Wildman–Crippen LogP) is 4.03. The molecule has 1 nitrogen and oxygen atoms in total. The lowest BCUT2D eigenvalue weighted by Crippen LogP contribution is -2.22. The van der Waals surface area contributed by atoms with Crippen molar-refractivity contribution < 1.29 is 4.74 Å². The van der Waals surface area contributed by atoms with Crippen LogP contribution in [0.2, 0.25) is 0 Å². The second kappa shape index (κ2) is 5.26. The van der Waals surface area contributed by atoms with E-state index >= 15 is 0 Å². The molecule has 0 saturated carbocycles. The molecule has 82 valence electrons. The van der Waals surface area contributed by atoms with Gasteiger partial charge in [0.05, 0.1) is 0 Å². The van der Waals surface area contributed by atoms with Crippen LogP contribution in [0.1, 0.15) is 18.4 Å². The van der Waals surface area contributed by atoms with Crippen molar-refractivity contribution in [2.45, 2.75) is 25.9 Å². The number of aryl methyl sites for hydroxylation is 1. The molecule has 0 unspecified atom stereocenters. The smallest absolute Gasteiger partial charge is 0.120 e. The van der Waals surface area contributed by atoms with Gasteiger partial charge in [0.2, 0.25) is 0 Å². The molecule has 0 aliphatic carbocycles. The summed E-state index contributed by atoms with van der Waals surface area (Å²) in [6.07, 6.45) is 2.78. The van der Waals surface area contributed by atoms with Gasteiger partial charge in [0.1, 0.15) is 11.9 Å². The Hall–Kier alpha value is -0.150. The van der Waals surface area contributed by atoms with Crippen LogP contribution in [0.3, 0.4) is 0 Å². The van der Waals surface area contributed by atoms with E-state index in [2.05, 4.69) is 35.0 Å². The topological polar surface area (TPSA) is 9.23 Å². The van der Waals surface area contributed by atoms with Crippen LogP contribution in [0.4, 0.5) is 0 Å². The van der Waals surface area contributed by atoms with Crippen LogP contribution in [-0.2, 0) is 0 Å². The highest BCUT2D eigenvalue weighted by Crippen LogP contribution is 2.26. The summed E-state index contributed by atoms with van der Waals surface area (Å²) in [5.41, 5.74) is 1.23. The average molecular weight is 287 g/mol. The molecule has 0 spiro atoms. The predicted molar refractivity (Wildman–Crippen MR) is 69.9 cm³/mol. The van der Waals surface area contributed by atoms with E-state index in [1.165, 1.54) is 29.9 Å². The van der Waals surface area contributed by atoms with Crippen molar-refractivity contribution in [3.8, 4) is 5.75 Å². The maximum absolute atomic E-state index is 5.96. The van der Waals surface area contributed by atoms with Gasteiger partial charge in [-0.25, -0.2) is 0 Å². The van der Waals surface area contributed by atoms with Crippen LogP contribution in [0.15, 0.2) is 22.7 Å². The highest BCUT2D eigenvalue weighted by molar-refractivity contribution is 9.10. The largest absolute Gasteiger partial charge is 0.490 e. The van der Waals surface area contributed by atoms with Crippen LogP contribution in [0, 0.1) is 6.92 Å². The molecule has 0 atom stereocenters. The van der Waals surface area contributed by atoms with Gasteiger partial charge in [-0.1, -0.05) is 15.9 Å². The number of rotatable bonds is 2. The maximum Gasteiger partial charge on any atom is 0.120 e. The molecule has 1 aliphatic heterocycles. The van der Waals surface area contributed by atoms with Crippen molar-refractivity contribution in [3.63, 3.8) is 0 Å². The van der Waals surface area contributed by atoms with Crippen molar-refractivity contribution in [1.29, 1.82) is 0 Å². The summed E-state index contributed by atoms with van der Waals surface area (Å²) in [5, 5.41) is 0. The summed E-state index contributed by atoms with van der Waals surface area (Å²) in [6, 6.07) is 6.20. The molecule has 3 heteroatoms. The number of halogens is 1. The van der Waals surface area contributed by atoms with E-state index in [0.29, 0.717) is 6.10 Å². The molecule has 1 aromatic carbocycles. The standard InChI is InChI=1S/C12H15BrOS/c1-9-8-11(2-3-12(9)13)14-10-4-6-15-7-5-10/h2-3,8,10H,4-7H2,1H3. The molecular weight excluding hydrogens is 272 g/mol. The zero-order chi connectivity index (χ0) is 10.7. The van der Waals surface area contributed by atoms with E-state index < -0.39 is 0 Å². The lowest BCUT2D eigenvalue weighted by Gasteiger charge is -2.23. The van der Waals surface area contributed by atoms with Crippen molar-refractivity contribution in [1.82, 2.24) is 0 Å². The summed E-state index contributed by atoms with van der Waals surface area (Å²) in [5.74, 6) is 3.48. The van der Waals surface area contributed by atoms with Gasteiger partial charge < -0.3 is 4.74 Å². The molecule has 15 heavy (non-hydrogen) atoms. The van der Waals surface area contributed by atoms with Gasteiger partial charge in [-0.05, 0) is 55.0 Å². The molecule has 0 N–H and O–H groups in total. The number of hydrogen-bond donors (Lipinski definition) is 0. The van der Waals surface area contributed by atoms with Crippen molar-refractivity contribution >= 4 is 27.7 Å². The van der Waals surface area contributed by atoms with Crippen molar-refractivity contribution in [2.24, 2.45) is 0 Å². The molecule has 1 heterocycles. The van der Waals surface area contributed by atoms with Crippen LogP contribution >= 0.6 is 27.7 Å². The normalized spacial score (nSPS) is 17.7. The van der Waals surface area contributed by atoms with Gasteiger partial charge in [0.15, 0.2) is 0 Å². The summed E-state index contributed by atoms with van der Waals surface area (Å²) in [6.45, 7) is 2.09. The van der Waals surface area contributed by atoms with Crippen LogP contribution in [0.5, 0.6) is 5.75 Å². The second-order valence-electron chi connectivity index (χ2n) is 3.84. The minimum Gasteiger partial charge on any atom is -0.490 e. The first-order valence-corrected chi connectivity index (χ1v) is 7.21. The Morgan fingerprint density at radius 3 is 2.73 bits per heavy atom. The highest BCUT2D eigenvalue weighted by atomic mass is 79.9. The number of ether oxygens (including phenoxy) is 1. The van der Waals surface area contributed by atoms with Crippen molar-refractivity contribution in [2.75, 3.05) is 11.5 Å². The van der Waals surface area contributed by atoms with Gasteiger partial charge in [-0.2, -0.15) is 11.8 Å². The highest BCUT2D eigenvalue weighted by Gasteiger charge is 2.15. The average Bonchev–Trinajstić information content (AvgIpc) is 2.25. The van der Waals surface area contributed by atoms with E-state index in [1.54, 1.807) is 0 Å². The minimum atomic E-state index is 0.423. The monoisotopic (exact) mass is 286 g/mol. The van der Waals surface area contributed by atoms with Gasteiger partial charge in [0.25, 0.3) is 0 Å². The summed E-state index contributed by atoms with van der Waals surface area (Å²) < 4.78 is 7.10. The van der Waals surface area contributed by atoms with Crippen LogP contribution in [0.25, 0.3) is 0 Å². The minimum absolute atomic E-state index is 0.423. The summed E-state index contributed by atoms with van der Waals surface area (Å²) >= 11 is 5.52. The Labute approximate surface area is 104 Å². The third-order valence-corrected chi connectivity index (χ3v) is 4.54. The number of hydrogen-bond acceptors (Lipinski definition) is 2. The molecule has 1 fully saturated rings. The molecule has 1 saturated heterocycles. The fraction of sp³-hybridized carbons (Fsp3) is 0.500. The Bertz CT molecular complexity index is 334. The molecule has 2 rings (SSSR count). The Morgan fingerprint density at radius 2 is 2.07 bits per heavy atom.